The first-order valence-electron chi connectivity index (χ1n) is 8.43. The summed E-state index contributed by atoms with van der Waals surface area (Å²) in [6.07, 6.45) is 0. The van der Waals surface area contributed by atoms with Crippen LogP contribution in [0.25, 0.3) is 0 Å². The van der Waals surface area contributed by atoms with Crippen LogP contribution in [0.15, 0.2) is 53.5 Å². The highest BCUT2D eigenvalue weighted by Gasteiger charge is 2.05. The number of carbonyl (C=O) groups excluding carboxylic acids is 1. The first-order chi connectivity index (χ1) is 12.6. The van der Waals surface area contributed by atoms with Crippen molar-refractivity contribution in [2.24, 2.45) is 4.99 Å². The Morgan fingerprint density at radius 1 is 1.04 bits per heavy atom. The van der Waals surface area contributed by atoms with Gasteiger partial charge in [0.25, 0.3) is 5.91 Å². The molecule has 0 bridgehead atoms. The van der Waals surface area contributed by atoms with Gasteiger partial charge < -0.3 is 21.1 Å². The zero-order valence-corrected chi connectivity index (χ0v) is 18.1. The number of guanidine groups is 1. The maximum Gasteiger partial charge on any atom is 0.251 e. The van der Waals surface area contributed by atoms with Crippen LogP contribution >= 0.6 is 35.6 Å². The smallest absolute Gasteiger partial charge is 0.251 e. The van der Waals surface area contributed by atoms with Gasteiger partial charge in [-0.1, -0.05) is 29.8 Å². The molecular weight excluding hydrogens is 479 g/mol. The molecule has 0 heterocycles. The molecule has 1 amide bonds. The molecule has 0 atom stereocenters. The van der Waals surface area contributed by atoms with Crippen molar-refractivity contribution in [3.8, 4) is 5.75 Å². The molecule has 2 aromatic rings. The Kier molecular flexibility index (Phi) is 10.6. The molecule has 0 saturated heterocycles. The van der Waals surface area contributed by atoms with E-state index in [9.17, 15) is 9.90 Å². The lowest BCUT2D eigenvalue weighted by atomic mass is 10.2. The van der Waals surface area contributed by atoms with Crippen LogP contribution in [-0.4, -0.2) is 36.6 Å². The van der Waals surface area contributed by atoms with Gasteiger partial charge in [-0.05, 0) is 42.8 Å². The molecule has 8 heteroatoms. The van der Waals surface area contributed by atoms with Crippen LogP contribution in [0, 0.1) is 0 Å². The highest BCUT2D eigenvalue weighted by atomic mass is 127. The average Bonchev–Trinajstić information content (AvgIpc) is 2.64. The van der Waals surface area contributed by atoms with E-state index in [2.05, 4.69) is 20.9 Å². The molecule has 0 aromatic heterocycles. The van der Waals surface area contributed by atoms with Crippen molar-refractivity contribution in [3.05, 3.63) is 64.7 Å². The molecule has 0 fully saturated rings. The van der Waals surface area contributed by atoms with E-state index in [0.29, 0.717) is 36.2 Å². The number of aromatic hydroxyl groups is 1. The minimum atomic E-state index is -0.190. The lowest BCUT2D eigenvalue weighted by Crippen LogP contribution is -2.41. The summed E-state index contributed by atoms with van der Waals surface area (Å²) in [5.74, 6) is 0.601. The summed E-state index contributed by atoms with van der Waals surface area (Å²) in [5.41, 5.74) is 1.45. The molecule has 2 aromatic carbocycles. The van der Waals surface area contributed by atoms with Crippen molar-refractivity contribution in [2.75, 3.05) is 19.6 Å². The average molecular weight is 503 g/mol. The Morgan fingerprint density at radius 3 is 2.37 bits per heavy atom. The van der Waals surface area contributed by atoms with Crippen molar-refractivity contribution in [2.45, 2.75) is 13.5 Å². The van der Waals surface area contributed by atoms with Crippen LogP contribution in [0.4, 0.5) is 0 Å². The van der Waals surface area contributed by atoms with Crippen molar-refractivity contribution >= 4 is 47.4 Å². The first kappa shape index (κ1) is 23.0. The predicted molar refractivity (Wildman–Crippen MR) is 120 cm³/mol. The number of benzene rings is 2. The van der Waals surface area contributed by atoms with Gasteiger partial charge in [0.1, 0.15) is 5.75 Å². The Labute approximate surface area is 181 Å². The second-order valence-electron chi connectivity index (χ2n) is 5.52. The summed E-state index contributed by atoms with van der Waals surface area (Å²) in [6.45, 7) is 4.15. The fraction of sp³-hybridized carbons (Fsp3) is 0.263. The van der Waals surface area contributed by atoms with Crippen molar-refractivity contribution in [3.63, 3.8) is 0 Å². The zero-order valence-electron chi connectivity index (χ0n) is 15.0. The summed E-state index contributed by atoms with van der Waals surface area (Å²) in [5, 5.41) is 19.1. The van der Waals surface area contributed by atoms with Crippen LogP contribution < -0.4 is 16.0 Å². The fourth-order valence-corrected chi connectivity index (χ4v) is 2.40. The van der Waals surface area contributed by atoms with E-state index in [1.54, 1.807) is 12.1 Å². The zero-order chi connectivity index (χ0) is 18.8. The minimum Gasteiger partial charge on any atom is -0.508 e. The summed E-state index contributed by atoms with van der Waals surface area (Å²) in [6, 6.07) is 13.7. The second kappa shape index (κ2) is 12.4. The van der Waals surface area contributed by atoms with Crippen molar-refractivity contribution in [1.29, 1.82) is 0 Å². The van der Waals surface area contributed by atoms with Gasteiger partial charge in [-0.3, -0.25) is 4.79 Å². The van der Waals surface area contributed by atoms with Gasteiger partial charge in [-0.15, -0.1) is 24.0 Å². The quantitative estimate of drug-likeness (QED) is 0.203. The van der Waals surface area contributed by atoms with E-state index >= 15 is 0 Å². The van der Waals surface area contributed by atoms with E-state index in [-0.39, 0.29) is 35.6 Å². The van der Waals surface area contributed by atoms with Gasteiger partial charge in [0.05, 0.1) is 6.54 Å². The Bertz CT molecular complexity index is 754. The van der Waals surface area contributed by atoms with E-state index in [4.69, 9.17) is 11.6 Å². The normalized spacial score (nSPS) is 10.7. The number of carbonyl (C=O) groups is 1. The molecule has 4 N–H and O–H groups in total. The molecule has 27 heavy (non-hydrogen) atoms. The molecule has 6 nitrogen and oxygen atoms in total. The number of hydrogen-bond acceptors (Lipinski definition) is 3. The number of nitrogens with zero attached hydrogens (tertiary/aromatic N) is 1. The summed E-state index contributed by atoms with van der Waals surface area (Å²) in [7, 11) is 0. The summed E-state index contributed by atoms with van der Waals surface area (Å²) < 4.78 is 0. The molecule has 0 spiro atoms. The molecular formula is C19H24ClIN4O2. The van der Waals surface area contributed by atoms with Gasteiger partial charge in [0.2, 0.25) is 0 Å². The van der Waals surface area contributed by atoms with Crippen LogP contribution in [0.2, 0.25) is 5.02 Å². The van der Waals surface area contributed by atoms with Crippen LogP contribution in [-0.2, 0) is 6.54 Å². The number of aliphatic imine (C=N–C) groups is 1. The standard InChI is InChI=1S/C19H23ClN4O2.HI/c1-2-21-19(24-13-15-5-3-4-6-17(15)20)23-12-11-22-18(26)14-7-9-16(25)10-8-14;/h3-10,25H,2,11-13H2,1H3,(H,22,26)(H2,21,23,24);1H. The van der Waals surface area contributed by atoms with E-state index in [1.807, 2.05) is 31.2 Å². The van der Waals surface area contributed by atoms with Gasteiger partial charge in [0.15, 0.2) is 5.96 Å². The van der Waals surface area contributed by atoms with Crippen LogP contribution in [0.1, 0.15) is 22.8 Å². The third kappa shape index (κ3) is 8.04. The van der Waals surface area contributed by atoms with Crippen molar-refractivity contribution in [1.82, 2.24) is 16.0 Å². The molecule has 146 valence electrons. The van der Waals surface area contributed by atoms with Crippen LogP contribution in [0.5, 0.6) is 5.75 Å². The van der Waals surface area contributed by atoms with E-state index in [0.717, 1.165) is 12.1 Å². The number of amides is 1. The molecule has 2 rings (SSSR count). The van der Waals surface area contributed by atoms with Crippen molar-refractivity contribution < 1.29 is 9.90 Å². The number of hydrogen-bond donors (Lipinski definition) is 4. The summed E-state index contributed by atoms with van der Waals surface area (Å²) >= 11 is 6.14. The maximum atomic E-state index is 12.0. The first-order valence-corrected chi connectivity index (χ1v) is 8.80. The molecule has 0 aliphatic rings. The monoisotopic (exact) mass is 502 g/mol. The second-order valence-corrected chi connectivity index (χ2v) is 5.92. The number of nitrogens with one attached hydrogen (secondary N) is 3. The van der Waals surface area contributed by atoms with Gasteiger partial charge in [-0.25, -0.2) is 4.99 Å². The van der Waals surface area contributed by atoms with E-state index in [1.165, 1.54) is 12.1 Å². The van der Waals surface area contributed by atoms with Gasteiger partial charge in [0, 0.05) is 30.2 Å². The third-order valence-electron chi connectivity index (χ3n) is 3.54. The number of halogens is 2. The molecule has 0 radical (unpaired) electrons. The molecule has 0 aliphatic heterocycles. The molecule has 0 unspecified atom stereocenters. The minimum absolute atomic E-state index is 0. The molecule has 0 saturated carbocycles. The largest absolute Gasteiger partial charge is 0.508 e. The van der Waals surface area contributed by atoms with E-state index < -0.39 is 0 Å². The molecule has 0 aliphatic carbocycles. The highest BCUT2D eigenvalue weighted by molar-refractivity contribution is 14.0. The highest BCUT2D eigenvalue weighted by Crippen LogP contribution is 2.15. The lowest BCUT2D eigenvalue weighted by molar-refractivity contribution is 0.0954. The SMILES string of the molecule is CCNC(=NCc1ccccc1Cl)NCCNC(=O)c1ccc(O)cc1.I. The Balaban J connectivity index is 0.00000364. The predicted octanol–water partition coefficient (Wildman–Crippen LogP) is 3.15. The van der Waals surface area contributed by atoms with Gasteiger partial charge in [-0.2, -0.15) is 0 Å². The Morgan fingerprint density at radius 2 is 1.70 bits per heavy atom. The number of rotatable bonds is 7. The Hall–Kier alpha value is -2.00. The summed E-state index contributed by atoms with van der Waals surface area (Å²) in [4.78, 5) is 16.5. The lowest BCUT2D eigenvalue weighted by Gasteiger charge is -2.12. The fourth-order valence-electron chi connectivity index (χ4n) is 2.20. The van der Waals surface area contributed by atoms with Crippen LogP contribution in [0.3, 0.4) is 0 Å². The number of phenols is 1. The van der Waals surface area contributed by atoms with Gasteiger partial charge >= 0.3 is 0 Å². The topological polar surface area (TPSA) is 85.8 Å². The number of phenolic OH excluding ortho intramolecular Hbond substituents is 1. The maximum absolute atomic E-state index is 12.0. The third-order valence-corrected chi connectivity index (χ3v) is 3.91.